The van der Waals surface area contributed by atoms with E-state index in [0.717, 1.165) is 30.4 Å². The molecule has 0 atom stereocenters. The fourth-order valence-corrected chi connectivity index (χ4v) is 4.38. The van der Waals surface area contributed by atoms with Crippen LogP contribution in [-0.4, -0.2) is 45.7 Å². The number of sulfonamides is 1. The molecular formula is C16H24N2O5S2. The molecule has 0 radical (unpaired) electrons. The maximum Gasteiger partial charge on any atom is 0.331 e. The first-order valence-electron chi connectivity index (χ1n) is 8.20. The van der Waals surface area contributed by atoms with Crippen molar-refractivity contribution in [2.45, 2.75) is 44.1 Å². The molecule has 2 N–H and O–H groups in total. The molecule has 1 aromatic rings. The molecule has 0 saturated heterocycles. The molecule has 1 aliphatic carbocycles. The lowest BCUT2D eigenvalue weighted by molar-refractivity contribution is -0.149. The van der Waals surface area contributed by atoms with Crippen LogP contribution < -0.4 is 10.0 Å². The number of carbonyl (C=O) groups excluding carboxylic acids is 2. The molecule has 2 rings (SSSR count). The van der Waals surface area contributed by atoms with Crippen LogP contribution >= 0.6 is 11.3 Å². The lowest BCUT2D eigenvalue weighted by Gasteiger charge is -2.35. The van der Waals surface area contributed by atoms with Crippen molar-refractivity contribution in [2.24, 2.45) is 0 Å². The van der Waals surface area contributed by atoms with Crippen LogP contribution in [0.25, 0.3) is 0 Å². The summed E-state index contributed by atoms with van der Waals surface area (Å²) >= 11 is 1.30. The van der Waals surface area contributed by atoms with Gasteiger partial charge in [-0.2, -0.15) is 0 Å². The maximum atomic E-state index is 12.6. The second-order valence-corrected chi connectivity index (χ2v) is 9.27. The highest BCUT2D eigenvalue weighted by molar-refractivity contribution is 7.88. The Kier molecular flexibility index (Phi) is 6.59. The number of ether oxygens (including phenoxy) is 1. The number of thiophene rings is 1. The third-order valence-electron chi connectivity index (χ3n) is 4.26. The minimum atomic E-state index is -3.22. The first-order chi connectivity index (χ1) is 11.8. The van der Waals surface area contributed by atoms with Gasteiger partial charge in [0.1, 0.15) is 5.54 Å². The van der Waals surface area contributed by atoms with Crippen LogP contribution in [0.5, 0.6) is 0 Å². The molecule has 140 valence electrons. The van der Waals surface area contributed by atoms with Crippen molar-refractivity contribution >= 4 is 33.2 Å². The third-order valence-corrected chi connectivity index (χ3v) is 6.13. The van der Waals surface area contributed by atoms with Gasteiger partial charge >= 0.3 is 5.97 Å². The molecule has 0 bridgehead atoms. The van der Waals surface area contributed by atoms with Gasteiger partial charge in [0.15, 0.2) is 0 Å². The molecule has 1 amide bonds. The molecule has 1 aliphatic rings. The number of carbonyl (C=O) groups is 2. The van der Waals surface area contributed by atoms with Crippen molar-refractivity contribution in [2.75, 3.05) is 19.9 Å². The fraction of sp³-hybridized carbons (Fsp3) is 0.625. The number of hydrogen-bond donors (Lipinski definition) is 2. The Labute approximate surface area is 152 Å². The van der Waals surface area contributed by atoms with Crippen LogP contribution in [0.4, 0.5) is 0 Å². The maximum absolute atomic E-state index is 12.6. The van der Waals surface area contributed by atoms with Gasteiger partial charge in [-0.1, -0.05) is 19.3 Å². The van der Waals surface area contributed by atoms with E-state index in [1.54, 1.807) is 12.1 Å². The summed E-state index contributed by atoms with van der Waals surface area (Å²) in [6.07, 6.45) is 5.59. The predicted molar refractivity (Wildman–Crippen MR) is 96.2 cm³/mol. The largest absolute Gasteiger partial charge is 0.467 e. The number of nitrogens with one attached hydrogen (secondary N) is 2. The summed E-state index contributed by atoms with van der Waals surface area (Å²) < 4.78 is 29.5. The van der Waals surface area contributed by atoms with Crippen molar-refractivity contribution in [1.29, 1.82) is 0 Å². The van der Waals surface area contributed by atoms with Crippen molar-refractivity contribution in [1.82, 2.24) is 10.0 Å². The minimum absolute atomic E-state index is 0.284. The highest BCUT2D eigenvalue weighted by Crippen LogP contribution is 2.30. The smallest absolute Gasteiger partial charge is 0.331 e. The molecule has 0 aromatic carbocycles. The Morgan fingerprint density at radius 3 is 2.52 bits per heavy atom. The molecule has 1 heterocycles. The number of amides is 1. The molecular weight excluding hydrogens is 364 g/mol. The Balaban J connectivity index is 2.01. The van der Waals surface area contributed by atoms with Crippen LogP contribution in [0.2, 0.25) is 0 Å². The number of esters is 1. The zero-order chi connectivity index (χ0) is 18.5. The molecule has 1 saturated carbocycles. The summed E-state index contributed by atoms with van der Waals surface area (Å²) in [5, 5.41) is 2.88. The van der Waals surface area contributed by atoms with Gasteiger partial charge in [0.25, 0.3) is 5.91 Å². The van der Waals surface area contributed by atoms with Gasteiger partial charge in [0.2, 0.25) is 10.0 Å². The van der Waals surface area contributed by atoms with E-state index in [0.29, 0.717) is 24.1 Å². The summed E-state index contributed by atoms with van der Waals surface area (Å²) in [6, 6.07) is 3.50. The Morgan fingerprint density at radius 1 is 1.24 bits per heavy atom. The van der Waals surface area contributed by atoms with Crippen LogP contribution in [-0.2, 0) is 26.0 Å². The molecule has 0 aliphatic heterocycles. The lowest BCUT2D eigenvalue weighted by atomic mass is 9.81. The zero-order valence-corrected chi connectivity index (χ0v) is 16.1. The van der Waals surface area contributed by atoms with Crippen molar-refractivity contribution in [3.05, 3.63) is 21.9 Å². The standard InChI is InChI=1S/C16H24N2O5S2/c1-23-15(20)16(9-4-3-5-10-16)18-14(19)13-7-6-12(24-13)8-11-17-25(2,21)22/h6-7,17H,3-5,8-11H2,1-2H3,(H,18,19). The summed E-state index contributed by atoms with van der Waals surface area (Å²) in [6.45, 7) is 0.284. The van der Waals surface area contributed by atoms with E-state index in [4.69, 9.17) is 4.74 Å². The monoisotopic (exact) mass is 388 g/mol. The van der Waals surface area contributed by atoms with Gasteiger partial charge in [-0.15, -0.1) is 11.3 Å². The van der Waals surface area contributed by atoms with Crippen molar-refractivity contribution < 1.29 is 22.7 Å². The van der Waals surface area contributed by atoms with Crippen molar-refractivity contribution in [3.63, 3.8) is 0 Å². The Bertz CT molecular complexity index is 721. The summed E-state index contributed by atoms with van der Waals surface area (Å²) in [5.74, 6) is -0.686. The van der Waals surface area contributed by atoms with Gasteiger partial charge < -0.3 is 10.1 Å². The zero-order valence-electron chi connectivity index (χ0n) is 14.5. The number of hydrogen-bond acceptors (Lipinski definition) is 6. The van der Waals surface area contributed by atoms with Gasteiger partial charge in [-0.05, 0) is 31.4 Å². The average molecular weight is 389 g/mol. The molecule has 25 heavy (non-hydrogen) atoms. The van der Waals surface area contributed by atoms with Crippen molar-refractivity contribution in [3.8, 4) is 0 Å². The van der Waals surface area contributed by atoms with E-state index in [2.05, 4.69) is 10.0 Å². The normalized spacial score (nSPS) is 17.0. The number of rotatable bonds is 7. The van der Waals surface area contributed by atoms with E-state index in [1.165, 1.54) is 18.4 Å². The van der Waals surface area contributed by atoms with E-state index >= 15 is 0 Å². The van der Waals surface area contributed by atoms with Gasteiger partial charge in [-0.25, -0.2) is 17.9 Å². The van der Waals surface area contributed by atoms with Crippen LogP contribution in [0, 0.1) is 0 Å². The highest BCUT2D eigenvalue weighted by Gasteiger charge is 2.42. The van der Waals surface area contributed by atoms with E-state index < -0.39 is 21.5 Å². The van der Waals surface area contributed by atoms with Crippen LogP contribution in [0.1, 0.15) is 46.7 Å². The predicted octanol–water partition coefficient (Wildman–Crippen LogP) is 1.45. The van der Waals surface area contributed by atoms with E-state index in [9.17, 15) is 18.0 Å². The van der Waals surface area contributed by atoms with Gasteiger partial charge in [0, 0.05) is 11.4 Å². The van der Waals surface area contributed by atoms with Crippen LogP contribution in [0.3, 0.4) is 0 Å². The van der Waals surface area contributed by atoms with Gasteiger partial charge in [0.05, 0.1) is 18.2 Å². The first-order valence-corrected chi connectivity index (χ1v) is 10.9. The fourth-order valence-electron chi connectivity index (χ4n) is 3.00. The second-order valence-electron chi connectivity index (χ2n) is 6.27. The van der Waals surface area contributed by atoms with Gasteiger partial charge in [-0.3, -0.25) is 4.79 Å². The van der Waals surface area contributed by atoms with E-state index in [1.807, 2.05) is 0 Å². The first kappa shape index (κ1) is 19.9. The minimum Gasteiger partial charge on any atom is -0.467 e. The molecule has 0 spiro atoms. The second kappa shape index (κ2) is 8.29. The SMILES string of the molecule is COC(=O)C1(NC(=O)c2ccc(CCNS(C)(=O)=O)s2)CCCCC1. The summed E-state index contributed by atoms with van der Waals surface area (Å²) in [7, 11) is -1.88. The molecule has 1 aromatic heterocycles. The summed E-state index contributed by atoms with van der Waals surface area (Å²) in [4.78, 5) is 26.2. The quantitative estimate of drug-likeness (QED) is 0.689. The summed E-state index contributed by atoms with van der Waals surface area (Å²) in [5.41, 5.74) is -0.938. The number of methoxy groups -OCH3 is 1. The van der Waals surface area contributed by atoms with Crippen LogP contribution in [0.15, 0.2) is 12.1 Å². The topological polar surface area (TPSA) is 102 Å². The molecule has 1 fully saturated rings. The molecule has 7 nitrogen and oxygen atoms in total. The Morgan fingerprint density at radius 2 is 1.92 bits per heavy atom. The van der Waals surface area contributed by atoms with E-state index in [-0.39, 0.29) is 12.5 Å². The molecule has 9 heteroatoms. The lowest BCUT2D eigenvalue weighted by Crippen LogP contribution is -2.56. The average Bonchev–Trinajstić information content (AvgIpc) is 3.02. The third kappa shape index (κ3) is 5.52. The highest BCUT2D eigenvalue weighted by atomic mass is 32.2. The Hall–Kier alpha value is -1.45. The molecule has 0 unspecified atom stereocenters.